The van der Waals surface area contributed by atoms with Crippen molar-refractivity contribution in [2.24, 2.45) is 28.6 Å². The summed E-state index contributed by atoms with van der Waals surface area (Å²) in [5.74, 6) is 0.564. The molecular weight excluding hydrogens is 424 g/mol. The second-order valence-corrected chi connectivity index (χ2v) is 11.0. The number of fused-ring (bicyclic) bond motifs is 1. The van der Waals surface area contributed by atoms with Gasteiger partial charge in [-0.2, -0.15) is 0 Å². The summed E-state index contributed by atoms with van der Waals surface area (Å²) >= 11 is 0. The Labute approximate surface area is 193 Å². The van der Waals surface area contributed by atoms with E-state index in [1.54, 1.807) is 0 Å². The normalized spacial score (nSPS) is 49.0. The first-order valence-electron chi connectivity index (χ1n) is 11.4. The largest absolute Gasteiger partial charge is 0.459 e. The molecule has 176 valence electrons. The second kappa shape index (κ2) is 6.50. The van der Waals surface area contributed by atoms with Crippen LogP contribution in [0, 0.1) is 40.9 Å². The van der Waals surface area contributed by atoms with Crippen LogP contribution in [0.5, 0.6) is 0 Å². The van der Waals surface area contributed by atoms with Gasteiger partial charge >= 0.3 is 17.9 Å². The lowest BCUT2D eigenvalue weighted by atomic mass is 9.49. The van der Waals surface area contributed by atoms with Crippen LogP contribution in [0.25, 0.3) is 0 Å². The zero-order valence-corrected chi connectivity index (χ0v) is 19.7. The Kier molecular flexibility index (Phi) is 4.38. The molecule has 7 heteroatoms. The summed E-state index contributed by atoms with van der Waals surface area (Å²) in [5.41, 5.74) is -2.35. The Morgan fingerprint density at radius 1 is 1.27 bits per heavy atom. The number of allylic oxidation sites excluding steroid dienone is 1. The van der Waals surface area contributed by atoms with Gasteiger partial charge in [0, 0.05) is 36.2 Å². The molecule has 2 aliphatic carbocycles. The Balaban J connectivity index is 1.71. The average molecular weight is 455 g/mol. The number of cyclic esters (lactones) is 1. The van der Waals surface area contributed by atoms with Crippen LogP contribution in [0.3, 0.4) is 0 Å². The molecule has 5 rings (SSSR count). The molecule has 0 aromatic rings. The maximum atomic E-state index is 12.8. The highest BCUT2D eigenvalue weighted by Gasteiger charge is 2.84. The summed E-state index contributed by atoms with van der Waals surface area (Å²) in [6, 6.07) is 0. The molecule has 9 atom stereocenters. The summed E-state index contributed by atoms with van der Waals surface area (Å²) in [5, 5.41) is 0. The van der Waals surface area contributed by atoms with Crippen LogP contribution in [-0.4, -0.2) is 47.4 Å². The fourth-order valence-corrected chi connectivity index (χ4v) is 7.69. The molecular formula is C26H30O7. The third-order valence-electron chi connectivity index (χ3n) is 9.10. The summed E-state index contributed by atoms with van der Waals surface area (Å²) in [6.45, 7) is 13.5. The van der Waals surface area contributed by atoms with Crippen molar-refractivity contribution in [2.45, 2.75) is 77.0 Å². The third-order valence-corrected chi connectivity index (χ3v) is 9.10. The topological polar surface area (TPSA) is 91.4 Å². The van der Waals surface area contributed by atoms with Crippen LogP contribution in [-0.2, 0) is 33.3 Å². The monoisotopic (exact) mass is 454 g/mol. The molecule has 33 heavy (non-hydrogen) atoms. The lowest BCUT2D eigenvalue weighted by Crippen LogP contribution is -2.66. The van der Waals surface area contributed by atoms with Gasteiger partial charge in [-0.15, -0.1) is 12.3 Å². The first-order chi connectivity index (χ1) is 15.3. The van der Waals surface area contributed by atoms with E-state index in [0.29, 0.717) is 6.42 Å². The molecule has 0 radical (unpaired) electrons. The number of hydrogen-bond acceptors (Lipinski definition) is 7. The van der Waals surface area contributed by atoms with Crippen LogP contribution in [0.15, 0.2) is 24.3 Å². The molecule has 0 aromatic heterocycles. The fraction of sp³-hybridized carbons (Fsp3) is 0.654. The second-order valence-electron chi connectivity index (χ2n) is 11.0. The van der Waals surface area contributed by atoms with Gasteiger partial charge in [-0.3, -0.25) is 9.59 Å². The molecule has 0 amide bonds. The van der Waals surface area contributed by atoms with E-state index in [2.05, 4.69) is 12.5 Å². The Morgan fingerprint density at radius 2 is 1.97 bits per heavy atom. The van der Waals surface area contributed by atoms with Gasteiger partial charge in [0.15, 0.2) is 0 Å². The zero-order chi connectivity index (χ0) is 24.1. The van der Waals surface area contributed by atoms with Crippen molar-refractivity contribution in [3.05, 3.63) is 24.3 Å². The van der Waals surface area contributed by atoms with Crippen molar-refractivity contribution in [3.8, 4) is 12.3 Å². The Bertz CT molecular complexity index is 1050. The Hall–Kier alpha value is -2.59. The number of rotatable bonds is 2. The average Bonchev–Trinajstić information content (AvgIpc) is 3.32. The minimum absolute atomic E-state index is 0.142. The van der Waals surface area contributed by atoms with Crippen molar-refractivity contribution in [1.29, 1.82) is 0 Å². The number of terminal acetylenes is 1. The van der Waals surface area contributed by atoms with Crippen molar-refractivity contribution in [2.75, 3.05) is 0 Å². The van der Waals surface area contributed by atoms with Crippen LogP contribution in [0.1, 0.15) is 47.5 Å². The van der Waals surface area contributed by atoms with Gasteiger partial charge in [-0.05, 0) is 25.8 Å². The lowest BCUT2D eigenvalue weighted by molar-refractivity contribution is -0.204. The number of esters is 3. The number of ether oxygens (including phenoxy) is 4. The van der Waals surface area contributed by atoms with Crippen LogP contribution in [0.2, 0.25) is 0 Å². The highest BCUT2D eigenvalue weighted by atomic mass is 16.6. The van der Waals surface area contributed by atoms with E-state index in [4.69, 9.17) is 25.4 Å². The third kappa shape index (κ3) is 2.59. The molecule has 0 bridgehead atoms. The maximum absolute atomic E-state index is 12.8. The first kappa shape index (κ1) is 22.2. The van der Waals surface area contributed by atoms with Gasteiger partial charge in [0.2, 0.25) is 0 Å². The maximum Gasteiger partial charge on any atom is 0.330 e. The molecule has 7 nitrogen and oxygen atoms in total. The smallest absolute Gasteiger partial charge is 0.330 e. The molecule has 3 aliphatic heterocycles. The van der Waals surface area contributed by atoms with Gasteiger partial charge in [-0.1, -0.05) is 26.5 Å². The first-order valence-corrected chi connectivity index (χ1v) is 11.4. The van der Waals surface area contributed by atoms with Crippen molar-refractivity contribution >= 4 is 17.9 Å². The van der Waals surface area contributed by atoms with E-state index in [1.807, 2.05) is 33.8 Å². The predicted molar refractivity (Wildman–Crippen MR) is 116 cm³/mol. The molecule has 0 unspecified atom stereocenters. The van der Waals surface area contributed by atoms with E-state index in [9.17, 15) is 14.4 Å². The lowest BCUT2D eigenvalue weighted by Gasteiger charge is -2.57. The quantitative estimate of drug-likeness (QED) is 0.208. The molecule has 5 aliphatic rings. The summed E-state index contributed by atoms with van der Waals surface area (Å²) in [6.07, 6.45) is 8.13. The van der Waals surface area contributed by atoms with E-state index in [0.717, 1.165) is 5.57 Å². The number of carbonyl (C=O) groups excluding carboxylic acids is 3. The van der Waals surface area contributed by atoms with Crippen molar-refractivity contribution < 1.29 is 33.3 Å². The van der Waals surface area contributed by atoms with Gasteiger partial charge < -0.3 is 18.9 Å². The summed E-state index contributed by atoms with van der Waals surface area (Å²) < 4.78 is 23.8. The van der Waals surface area contributed by atoms with Gasteiger partial charge in [0.25, 0.3) is 0 Å². The SMILES string of the molecule is C#C[C@@H]1C[C@H]2O[C@]23C(=C)[C@@H]2[C@@H](OC(=O)C=C[C@@]2(C)[C@H]2CC(=O)OC2(C)C)[C@H](OC(C)=O)[C@@]13C. The molecule has 2 saturated carbocycles. The van der Waals surface area contributed by atoms with E-state index in [-0.39, 0.29) is 30.3 Å². The van der Waals surface area contributed by atoms with Gasteiger partial charge in [-0.25, -0.2) is 4.79 Å². The van der Waals surface area contributed by atoms with E-state index in [1.165, 1.54) is 13.0 Å². The van der Waals surface area contributed by atoms with Gasteiger partial charge in [0.1, 0.15) is 23.4 Å². The Morgan fingerprint density at radius 3 is 2.55 bits per heavy atom. The zero-order valence-electron chi connectivity index (χ0n) is 19.7. The van der Waals surface area contributed by atoms with Crippen LogP contribution in [0.4, 0.5) is 0 Å². The number of hydrogen-bond donors (Lipinski definition) is 0. The van der Waals surface area contributed by atoms with Crippen molar-refractivity contribution in [1.82, 2.24) is 0 Å². The van der Waals surface area contributed by atoms with E-state index >= 15 is 0 Å². The minimum Gasteiger partial charge on any atom is -0.459 e. The molecule has 2 saturated heterocycles. The standard InChI is InChI=1S/C26H30O7/c1-8-15-11-17-26(32-17)13(2)20-21(22(25(15,26)7)30-14(3)27)31-18(28)9-10-24(20,6)16-12-19(29)33-23(16,4)5/h1,9-10,15-17,20-22H,2,11-12H2,3-7H3/t15-,16+,17-,20-,21-,22+,24+,25-,26-/m1/s1. The van der Waals surface area contributed by atoms with Crippen molar-refractivity contribution in [3.63, 3.8) is 0 Å². The van der Waals surface area contributed by atoms with Crippen LogP contribution >= 0.6 is 0 Å². The van der Waals surface area contributed by atoms with E-state index < -0.39 is 52.1 Å². The van der Waals surface area contributed by atoms with Gasteiger partial charge in [0.05, 0.1) is 17.9 Å². The fourth-order valence-electron chi connectivity index (χ4n) is 7.69. The highest BCUT2D eigenvalue weighted by Crippen LogP contribution is 2.74. The molecule has 3 heterocycles. The summed E-state index contributed by atoms with van der Waals surface area (Å²) in [7, 11) is 0. The molecule has 1 spiro atoms. The number of epoxide rings is 1. The number of carbonyl (C=O) groups is 3. The highest BCUT2D eigenvalue weighted by molar-refractivity contribution is 5.83. The predicted octanol–water partition coefficient (Wildman–Crippen LogP) is 2.73. The summed E-state index contributed by atoms with van der Waals surface area (Å²) in [4.78, 5) is 37.4. The molecule has 0 N–H and O–H groups in total. The minimum atomic E-state index is -0.838. The molecule has 4 fully saturated rings. The molecule has 0 aromatic carbocycles. The van der Waals surface area contributed by atoms with Crippen LogP contribution < -0.4 is 0 Å².